The molecule has 2 aromatic carbocycles. The number of esters is 1. The van der Waals surface area contributed by atoms with Gasteiger partial charge in [0.05, 0.1) is 26.0 Å². The van der Waals surface area contributed by atoms with Crippen molar-refractivity contribution < 1.29 is 19.1 Å². The maximum Gasteiger partial charge on any atom is 0.310 e. The molecule has 0 spiro atoms. The number of nitriles is 1. The van der Waals surface area contributed by atoms with Crippen LogP contribution in [0.2, 0.25) is 5.02 Å². The molecule has 0 aromatic heterocycles. The summed E-state index contributed by atoms with van der Waals surface area (Å²) in [7, 11) is 1.56. The Labute approximate surface area is 169 Å². The van der Waals surface area contributed by atoms with Gasteiger partial charge in [-0.2, -0.15) is 5.26 Å². The zero-order chi connectivity index (χ0) is 20.5. The van der Waals surface area contributed by atoms with Crippen LogP contribution in [0, 0.1) is 18.3 Å². The second-order valence-electron chi connectivity index (χ2n) is 6.07. The molecule has 1 amide bonds. The minimum Gasteiger partial charge on any atom is -0.496 e. The van der Waals surface area contributed by atoms with E-state index in [1.807, 2.05) is 25.1 Å². The number of benzene rings is 2. The third kappa shape index (κ3) is 6.00. The molecule has 0 radical (unpaired) electrons. The van der Waals surface area contributed by atoms with E-state index in [0.29, 0.717) is 16.5 Å². The smallest absolute Gasteiger partial charge is 0.310 e. The summed E-state index contributed by atoms with van der Waals surface area (Å²) in [5.41, 5.74) is 2.24. The second-order valence-corrected chi connectivity index (χ2v) is 6.51. The minimum atomic E-state index is -0.523. The average Bonchev–Trinajstić information content (AvgIpc) is 2.68. The third-order valence-corrected chi connectivity index (χ3v) is 4.28. The Morgan fingerprint density at radius 3 is 2.68 bits per heavy atom. The molecule has 28 heavy (non-hydrogen) atoms. The van der Waals surface area contributed by atoms with Gasteiger partial charge >= 0.3 is 5.97 Å². The quantitative estimate of drug-likeness (QED) is 0.631. The standard InChI is InChI=1S/C21H21ClN2O4/c1-15-7-8-16(11-19(15)27-2)12-21(26)28-14-20(25)24(10-4-9-23)18-6-3-5-17(22)13-18/h3,5-8,11,13H,4,10,12,14H2,1-2H3. The summed E-state index contributed by atoms with van der Waals surface area (Å²) in [6, 6.07) is 14.2. The van der Waals surface area contributed by atoms with Crippen LogP contribution in [0.5, 0.6) is 5.75 Å². The van der Waals surface area contributed by atoms with Crippen LogP contribution in [0.3, 0.4) is 0 Å². The van der Waals surface area contributed by atoms with E-state index in [-0.39, 0.29) is 19.4 Å². The minimum absolute atomic E-state index is 0.0271. The predicted molar refractivity (Wildman–Crippen MR) is 106 cm³/mol. The number of methoxy groups -OCH3 is 1. The van der Waals surface area contributed by atoms with Crippen molar-refractivity contribution in [2.24, 2.45) is 0 Å². The molecule has 146 valence electrons. The molecule has 0 bridgehead atoms. The zero-order valence-electron chi connectivity index (χ0n) is 15.8. The number of ether oxygens (including phenoxy) is 2. The summed E-state index contributed by atoms with van der Waals surface area (Å²) in [4.78, 5) is 26.0. The highest BCUT2D eigenvalue weighted by Crippen LogP contribution is 2.21. The normalized spacial score (nSPS) is 10.1. The van der Waals surface area contributed by atoms with Crippen LogP contribution < -0.4 is 9.64 Å². The summed E-state index contributed by atoms with van der Waals surface area (Å²) in [5.74, 6) is -0.261. The van der Waals surface area contributed by atoms with E-state index in [1.54, 1.807) is 37.4 Å². The highest BCUT2D eigenvalue weighted by atomic mass is 35.5. The molecule has 0 N–H and O–H groups in total. The monoisotopic (exact) mass is 400 g/mol. The Hall–Kier alpha value is -3.04. The van der Waals surface area contributed by atoms with Crippen LogP contribution in [-0.4, -0.2) is 32.1 Å². The zero-order valence-corrected chi connectivity index (χ0v) is 16.5. The van der Waals surface area contributed by atoms with Gasteiger partial charge in [0, 0.05) is 17.3 Å². The number of amides is 1. The molecule has 0 aliphatic carbocycles. The van der Waals surface area contributed by atoms with Crippen LogP contribution in [0.4, 0.5) is 5.69 Å². The second kappa shape index (κ2) is 10.3. The number of rotatable bonds is 8. The lowest BCUT2D eigenvalue weighted by Gasteiger charge is -2.21. The van der Waals surface area contributed by atoms with Crippen molar-refractivity contribution in [3.63, 3.8) is 0 Å². The van der Waals surface area contributed by atoms with Crippen molar-refractivity contribution >= 4 is 29.2 Å². The lowest BCUT2D eigenvalue weighted by molar-refractivity contribution is -0.147. The lowest BCUT2D eigenvalue weighted by Crippen LogP contribution is -2.35. The highest BCUT2D eigenvalue weighted by molar-refractivity contribution is 6.30. The Kier molecular flexibility index (Phi) is 7.85. The van der Waals surface area contributed by atoms with E-state index in [1.165, 1.54) is 4.90 Å². The van der Waals surface area contributed by atoms with Crippen LogP contribution >= 0.6 is 11.6 Å². The SMILES string of the molecule is COc1cc(CC(=O)OCC(=O)N(CCC#N)c2cccc(Cl)c2)ccc1C. The van der Waals surface area contributed by atoms with Crippen molar-refractivity contribution in [3.8, 4) is 11.8 Å². The number of carbonyl (C=O) groups excluding carboxylic acids is 2. The molecular formula is C21H21ClN2O4. The number of nitrogens with zero attached hydrogens (tertiary/aromatic N) is 2. The lowest BCUT2D eigenvalue weighted by atomic mass is 10.1. The first-order valence-corrected chi connectivity index (χ1v) is 9.04. The summed E-state index contributed by atoms with van der Waals surface area (Å²) >= 11 is 5.98. The molecule has 0 atom stereocenters. The van der Waals surface area contributed by atoms with Crippen LogP contribution in [0.1, 0.15) is 17.5 Å². The molecule has 2 rings (SSSR count). The molecule has 6 nitrogen and oxygen atoms in total. The number of hydrogen-bond donors (Lipinski definition) is 0. The van der Waals surface area contributed by atoms with Gasteiger partial charge in [0.2, 0.25) is 0 Å². The van der Waals surface area contributed by atoms with E-state index >= 15 is 0 Å². The van der Waals surface area contributed by atoms with Crippen molar-refractivity contribution in [2.45, 2.75) is 19.8 Å². The Morgan fingerprint density at radius 2 is 2.00 bits per heavy atom. The maximum atomic E-state index is 12.5. The molecule has 7 heteroatoms. The van der Waals surface area contributed by atoms with Crippen molar-refractivity contribution in [3.05, 3.63) is 58.6 Å². The first-order valence-electron chi connectivity index (χ1n) is 8.66. The summed E-state index contributed by atoms with van der Waals surface area (Å²) in [5, 5.41) is 9.30. The van der Waals surface area contributed by atoms with Gasteiger partial charge in [-0.15, -0.1) is 0 Å². The van der Waals surface area contributed by atoms with E-state index in [2.05, 4.69) is 0 Å². The van der Waals surface area contributed by atoms with Crippen LogP contribution in [-0.2, 0) is 20.7 Å². The largest absolute Gasteiger partial charge is 0.496 e. The summed E-state index contributed by atoms with van der Waals surface area (Å²) in [6.45, 7) is 1.67. The van der Waals surface area contributed by atoms with Crippen LogP contribution in [0.25, 0.3) is 0 Å². The van der Waals surface area contributed by atoms with E-state index in [4.69, 9.17) is 26.3 Å². The van der Waals surface area contributed by atoms with E-state index in [9.17, 15) is 9.59 Å². The number of aryl methyl sites for hydroxylation is 1. The number of halogens is 1. The molecule has 0 unspecified atom stereocenters. The fraction of sp³-hybridized carbons (Fsp3) is 0.286. The molecule has 0 fully saturated rings. The number of hydrogen-bond acceptors (Lipinski definition) is 5. The van der Waals surface area contributed by atoms with Gasteiger partial charge in [-0.3, -0.25) is 9.59 Å². The molecular weight excluding hydrogens is 380 g/mol. The van der Waals surface area contributed by atoms with Gasteiger partial charge in [-0.05, 0) is 42.3 Å². The predicted octanol–water partition coefficient (Wildman–Crippen LogP) is 3.69. The van der Waals surface area contributed by atoms with Gasteiger partial charge in [0.15, 0.2) is 6.61 Å². The third-order valence-electron chi connectivity index (χ3n) is 4.05. The molecule has 0 aliphatic rings. The van der Waals surface area contributed by atoms with Crippen LogP contribution in [0.15, 0.2) is 42.5 Å². The molecule has 0 aliphatic heterocycles. The molecule has 0 saturated heterocycles. The van der Waals surface area contributed by atoms with Gasteiger partial charge in [-0.25, -0.2) is 0 Å². The fourth-order valence-electron chi connectivity index (χ4n) is 2.62. The first kappa shape index (κ1) is 21.3. The Morgan fingerprint density at radius 1 is 1.21 bits per heavy atom. The fourth-order valence-corrected chi connectivity index (χ4v) is 2.80. The number of carbonyl (C=O) groups is 2. The number of anilines is 1. The topological polar surface area (TPSA) is 79.6 Å². The van der Waals surface area contributed by atoms with Gasteiger partial charge in [-0.1, -0.05) is 29.8 Å². The summed E-state index contributed by atoms with van der Waals surface area (Å²) < 4.78 is 10.4. The van der Waals surface area contributed by atoms with Crippen molar-refractivity contribution in [1.29, 1.82) is 5.26 Å². The average molecular weight is 401 g/mol. The van der Waals surface area contributed by atoms with E-state index < -0.39 is 18.5 Å². The van der Waals surface area contributed by atoms with Gasteiger partial charge < -0.3 is 14.4 Å². The summed E-state index contributed by atoms with van der Waals surface area (Å²) in [6.07, 6.45) is 0.175. The molecule has 0 heterocycles. The maximum absolute atomic E-state index is 12.5. The Balaban J connectivity index is 1.99. The molecule has 2 aromatic rings. The highest BCUT2D eigenvalue weighted by Gasteiger charge is 2.18. The molecule has 0 saturated carbocycles. The van der Waals surface area contributed by atoms with Gasteiger partial charge in [0.1, 0.15) is 5.75 Å². The Bertz CT molecular complexity index is 892. The van der Waals surface area contributed by atoms with E-state index in [0.717, 1.165) is 11.1 Å². The van der Waals surface area contributed by atoms with Crippen molar-refractivity contribution in [1.82, 2.24) is 0 Å². The van der Waals surface area contributed by atoms with Gasteiger partial charge in [0.25, 0.3) is 5.91 Å². The van der Waals surface area contributed by atoms with Crippen molar-refractivity contribution in [2.75, 3.05) is 25.2 Å². The first-order chi connectivity index (χ1) is 13.4.